The average molecular weight is 243 g/mol. The van der Waals surface area contributed by atoms with Crippen molar-refractivity contribution in [3.8, 4) is 5.82 Å². The minimum atomic E-state index is -1.01. The van der Waals surface area contributed by atoms with Crippen molar-refractivity contribution in [1.82, 2.24) is 24.4 Å². The fourth-order valence-electron chi connectivity index (χ4n) is 1.76. The lowest BCUT2D eigenvalue weighted by Gasteiger charge is -2.05. The van der Waals surface area contributed by atoms with Gasteiger partial charge in [0.05, 0.1) is 11.8 Å². The molecule has 7 heteroatoms. The van der Waals surface area contributed by atoms with E-state index in [2.05, 4.69) is 15.2 Å². The first kappa shape index (κ1) is 10.5. The number of carboxylic acids is 1. The van der Waals surface area contributed by atoms with Gasteiger partial charge >= 0.3 is 5.97 Å². The van der Waals surface area contributed by atoms with Gasteiger partial charge in [-0.25, -0.2) is 14.5 Å². The van der Waals surface area contributed by atoms with Gasteiger partial charge < -0.3 is 5.11 Å². The summed E-state index contributed by atoms with van der Waals surface area (Å²) in [6.07, 6.45) is 4.19. The van der Waals surface area contributed by atoms with Crippen LogP contribution in [0.25, 0.3) is 11.5 Å². The van der Waals surface area contributed by atoms with Crippen molar-refractivity contribution in [3.05, 3.63) is 42.0 Å². The number of pyridine rings is 1. The maximum absolute atomic E-state index is 10.8. The molecule has 3 rings (SSSR count). The van der Waals surface area contributed by atoms with E-state index in [9.17, 15) is 4.79 Å². The molecule has 0 aliphatic carbocycles. The first-order chi connectivity index (χ1) is 8.65. The summed E-state index contributed by atoms with van der Waals surface area (Å²) in [5.74, 6) is -0.362. The Labute approximate surface area is 101 Å². The normalized spacial score (nSPS) is 10.9. The Kier molecular flexibility index (Phi) is 2.12. The number of rotatable bonds is 2. The second-order valence-electron chi connectivity index (χ2n) is 3.90. The van der Waals surface area contributed by atoms with Gasteiger partial charge in [-0.3, -0.25) is 0 Å². The van der Waals surface area contributed by atoms with Gasteiger partial charge in [0.15, 0.2) is 11.5 Å². The van der Waals surface area contributed by atoms with E-state index in [1.54, 1.807) is 4.52 Å². The summed E-state index contributed by atoms with van der Waals surface area (Å²) < 4.78 is 3.07. The highest BCUT2D eigenvalue weighted by Crippen LogP contribution is 2.13. The van der Waals surface area contributed by atoms with E-state index in [0.29, 0.717) is 11.5 Å². The maximum atomic E-state index is 10.8. The monoisotopic (exact) mass is 243 g/mol. The largest absolute Gasteiger partial charge is 0.478 e. The lowest BCUT2D eigenvalue weighted by molar-refractivity contribution is 0.0697. The van der Waals surface area contributed by atoms with Crippen molar-refractivity contribution < 1.29 is 9.90 Å². The van der Waals surface area contributed by atoms with Gasteiger partial charge in [-0.05, 0) is 24.6 Å². The van der Waals surface area contributed by atoms with E-state index >= 15 is 0 Å². The van der Waals surface area contributed by atoms with Gasteiger partial charge in [-0.15, -0.1) is 0 Å². The molecule has 0 aliphatic rings. The molecule has 0 unspecified atom stereocenters. The summed E-state index contributed by atoms with van der Waals surface area (Å²) in [4.78, 5) is 14.9. The van der Waals surface area contributed by atoms with E-state index in [1.165, 1.54) is 23.4 Å². The molecule has 0 bridgehead atoms. The number of carboxylic acid groups (broad SMARTS) is 1. The molecule has 0 atom stereocenters. The number of aryl methyl sites for hydroxylation is 1. The minimum Gasteiger partial charge on any atom is -0.478 e. The Morgan fingerprint density at radius 1 is 1.33 bits per heavy atom. The molecule has 0 aliphatic heterocycles. The molecule has 1 N–H and O–H groups in total. The third-order valence-electron chi connectivity index (χ3n) is 2.57. The SMILES string of the molecule is Cc1cc(-n2cc(C(=O)O)cn2)n2ncnc2c1. The summed E-state index contributed by atoms with van der Waals surface area (Å²) >= 11 is 0. The molecular formula is C11H9N5O2. The van der Waals surface area contributed by atoms with Gasteiger partial charge in [0.2, 0.25) is 0 Å². The fraction of sp³-hybridized carbons (Fsp3) is 0.0909. The van der Waals surface area contributed by atoms with Crippen LogP contribution < -0.4 is 0 Å². The molecule has 0 aromatic carbocycles. The third kappa shape index (κ3) is 1.53. The van der Waals surface area contributed by atoms with Crippen molar-refractivity contribution in [2.24, 2.45) is 0 Å². The zero-order chi connectivity index (χ0) is 12.7. The number of aromatic nitrogens is 5. The number of nitrogens with zero attached hydrogens (tertiary/aromatic N) is 5. The highest BCUT2D eigenvalue weighted by molar-refractivity contribution is 5.86. The van der Waals surface area contributed by atoms with E-state index in [4.69, 9.17) is 5.11 Å². The van der Waals surface area contributed by atoms with Gasteiger partial charge in [0, 0.05) is 6.20 Å². The van der Waals surface area contributed by atoms with Crippen LogP contribution in [0, 0.1) is 6.92 Å². The first-order valence-corrected chi connectivity index (χ1v) is 5.24. The Morgan fingerprint density at radius 3 is 2.89 bits per heavy atom. The quantitative estimate of drug-likeness (QED) is 0.723. The Hall–Kier alpha value is -2.70. The van der Waals surface area contributed by atoms with E-state index < -0.39 is 5.97 Å². The number of hydrogen-bond donors (Lipinski definition) is 1. The summed E-state index contributed by atoms with van der Waals surface area (Å²) in [5, 5.41) is 17.0. The summed E-state index contributed by atoms with van der Waals surface area (Å²) in [7, 11) is 0. The zero-order valence-corrected chi connectivity index (χ0v) is 9.48. The van der Waals surface area contributed by atoms with Crippen LogP contribution >= 0.6 is 0 Å². The van der Waals surface area contributed by atoms with Crippen LogP contribution in [0.2, 0.25) is 0 Å². The highest BCUT2D eigenvalue weighted by atomic mass is 16.4. The van der Waals surface area contributed by atoms with Gasteiger partial charge in [0.1, 0.15) is 6.33 Å². The molecule has 3 aromatic rings. The first-order valence-electron chi connectivity index (χ1n) is 5.24. The average Bonchev–Trinajstić information content (AvgIpc) is 2.95. The number of hydrogen-bond acceptors (Lipinski definition) is 4. The molecule has 0 saturated heterocycles. The predicted molar refractivity (Wildman–Crippen MR) is 61.8 cm³/mol. The Morgan fingerprint density at radius 2 is 2.17 bits per heavy atom. The Bertz CT molecular complexity index is 743. The van der Waals surface area contributed by atoms with Crippen molar-refractivity contribution >= 4 is 11.6 Å². The van der Waals surface area contributed by atoms with E-state index in [0.717, 1.165) is 5.56 Å². The molecular weight excluding hydrogens is 234 g/mol. The van der Waals surface area contributed by atoms with Crippen LogP contribution in [0.4, 0.5) is 0 Å². The lowest BCUT2D eigenvalue weighted by Crippen LogP contribution is -2.04. The summed E-state index contributed by atoms with van der Waals surface area (Å²) in [6, 6.07) is 3.75. The highest BCUT2D eigenvalue weighted by Gasteiger charge is 2.10. The second kappa shape index (κ2) is 3.66. The van der Waals surface area contributed by atoms with Crippen LogP contribution in [-0.2, 0) is 0 Å². The van der Waals surface area contributed by atoms with Gasteiger partial charge in [0.25, 0.3) is 0 Å². The zero-order valence-electron chi connectivity index (χ0n) is 9.48. The fourth-order valence-corrected chi connectivity index (χ4v) is 1.76. The molecule has 0 spiro atoms. The molecule has 0 amide bonds. The van der Waals surface area contributed by atoms with Gasteiger partial charge in [-0.1, -0.05) is 0 Å². The third-order valence-corrected chi connectivity index (χ3v) is 2.57. The molecule has 0 fully saturated rings. The molecule has 0 saturated carbocycles. The standard InChI is InChI=1S/C11H9N5O2/c1-7-2-9-12-6-14-16(9)10(3-7)15-5-8(4-13-15)11(17)18/h2-6H,1H3,(H,17,18). The summed E-state index contributed by atoms with van der Waals surface area (Å²) in [5.41, 5.74) is 1.82. The summed E-state index contributed by atoms with van der Waals surface area (Å²) in [6.45, 7) is 1.93. The van der Waals surface area contributed by atoms with Crippen LogP contribution in [0.1, 0.15) is 15.9 Å². The second-order valence-corrected chi connectivity index (χ2v) is 3.90. The van der Waals surface area contributed by atoms with Crippen LogP contribution in [0.3, 0.4) is 0 Å². The number of carbonyl (C=O) groups is 1. The maximum Gasteiger partial charge on any atom is 0.338 e. The van der Waals surface area contributed by atoms with E-state index in [1.807, 2.05) is 19.1 Å². The Balaban J connectivity index is 2.23. The van der Waals surface area contributed by atoms with Crippen LogP contribution in [0.5, 0.6) is 0 Å². The lowest BCUT2D eigenvalue weighted by atomic mass is 10.3. The van der Waals surface area contributed by atoms with Crippen molar-refractivity contribution in [1.29, 1.82) is 0 Å². The van der Waals surface area contributed by atoms with Crippen molar-refractivity contribution in [2.45, 2.75) is 6.92 Å². The molecule has 3 aromatic heterocycles. The van der Waals surface area contributed by atoms with Gasteiger partial charge in [-0.2, -0.15) is 14.7 Å². The smallest absolute Gasteiger partial charge is 0.338 e. The number of fused-ring (bicyclic) bond motifs is 1. The molecule has 18 heavy (non-hydrogen) atoms. The van der Waals surface area contributed by atoms with Crippen molar-refractivity contribution in [3.63, 3.8) is 0 Å². The molecule has 0 radical (unpaired) electrons. The topological polar surface area (TPSA) is 85.3 Å². The molecule has 3 heterocycles. The number of aromatic carboxylic acids is 1. The molecule has 7 nitrogen and oxygen atoms in total. The minimum absolute atomic E-state index is 0.129. The van der Waals surface area contributed by atoms with Crippen LogP contribution in [-0.4, -0.2) is 35.5 Å². The predicted octanol–water partition coefficient (Wildman–Crippen LogP) is 0.922. The van der Waals surface area contributed by atoms with Crippen molar-refractivity contribution in [2.75, 3.05) is 0 Å². The van der Waals surface area contributed by atoms with E-state index in [-0.39, 0.29) is 5.56 Å². The molecule has 90 valence electrons. The van der Waals surface area contributed by atoms with Crippen LogP contribution in [0.15, 0.2) is 30.9 Å².